The van der Waals surface area contributed by atoms with Crippen molar-refractivity contribution in [3.63, 3.8) is 0 Å². The maximum Gasteiger partial charge on any atom is 0.306 e. The van der Waals surface area contributed by atoms with Crippen LogP contribution in [0.25, 0.3) is 0 Å². The van der Waals surface area contributed by atoms with Crippen molar-refractivity contribution in [2.24, 2.45) is 5.92 Å². The highest BCUT2D eigenvalue weighted by atomic mass is 79.9. The molecule has 0 aromatic carbocycles. The van der Waals surface area contributed by atoms with Gasteiger partial charge in [-0.2, -0.15) is 0 Å². The number of nitrogens with one attached hydrogen (secondary N) is 1. The van der Waals surface area contributed by atoms with Crippen LogP contribution < -0.4 is 5.32 Å². The number of rotatable bonds is 4. The number of carboxylic acid groups (broad SMARTS) is 1. The molecule has 1 aliphatic rings. The third-order valence-corrected chi connectivity index (χ3v) is 5.40. The minimum absolute atomic E-state index is 0.168. The second-order valence-electron chi connectivity index (χ2n) is 4.95. The normalized spacial score (nSPS) is 25.9. The zero-order valence-corrected chi connectivity index (χ0v) is 12.8. The molecule has 1 saturated carbocycles. The minimum atomic E-state index is -0.645. The summed E-state index contributed by atoms with van der Waals surface area (Å²) < 4.78 is 1.11. The van der Waals surface area contributed by atoms with Crippen molar-refractivity contribution in [2.75, 3.05) is 0 Å². The molecule has 1 heterocycles. The monoisotopic (exact) mass is 331 g/mol. The number of hydrogen-bond donors (Lipinski definition) is 2. The highest BCUT2D eigenvalue weighted by molar-refractivity contribution is 9.10. The van der Waals surface area contributed by atoms with Gasteiger partial charge in [0.25, 0.3) is 0 Å². The van der Waals surface area contributed by atoms with Gasteiger partial charge in [-0.1, -0.05) is 6.42 Å². The van der Waals surface area contributed by atoms with E-state index in [4.69, 9.17) is 5.11 Å². The van der Waals surface area contributed by atoms with Crippen LogP contribution in [0.2, 0.25) is 0 Å². The van der Waals surface area contributed by atoms with Gasteiger partial charge in [0.2, 0.25) is 0 Å². The Bertz CT molecular complexity index is 421. The lowest BCUT2D eigenvalue weighted by atomic mass is 9.85. The summed E-state index contributed by atoms with van der Waals surface area (Å²) in [6.07, 6.45) is 3.68. The molecule has 100 valence electrons. The van der Waals surface area contributed by atoms with E-state index in [9.17, 15) is 4.79 Å². The van der Waals surface area contributed by atoms with Crippen molar-refractivity contribution in [2.45, 2.75) is 44.7 Å². The minimum Gasteiger partial charge on any atom is -0.481 e. The molecule has 0 amide bonds. The Morgan fingerprint density at radius 2 is 2.39 bits per heavy atom. The lowest BCUT2D eigenvalue weighted by Gasteiger charge is -2.29. The quantitative estimate of drug-likeness (QED) is 0.882. The van der Waals surface area contributed by atoms with E-state index in [1.807, 2.05) is 0 Å². The van der Waals surface area contributed by atoms with E-state index in [-0.39, 0.29) is 5.92 Å². The summed E-state index contributed by atoms with van der Waals surface area (Å²) in [4.78, 5) is 12.3. The second kappa shape index (κ2) is 6.17. The van der Waals surface area contributed by atoms with Crippen LogP contribution in [0, 0.1) is 5.92 Å². The van der Waals surface area contributed by atoms with Gasteiger partial charge in [-0.15, -0.1) is 11.3 Å². The predicted octanol–water partition coefficient (Wildman–Crippen LogP) is 3.80. The van der Waals surface area contributed by atoms with Gasteiger partial charge in [-0.25, -0.2) is 0 Å². The zero-order chi connectivity index (χ0) is 13.1. The second-order valence-corrected chi connectivity index (χ2v) is 6.81. The molecule has 1 aliphatic carbocycles. The third kappa shape index (κ3) is 3.56. The van der Waals surface area contributed by atoms with E-state index in [1.54, 1.807) is 11.3 Å². The molecule has 3 nitrogen and oxygen atoms in total. The molecule has 2 rings (SSSR count). The molecule has 0 saturated heterocycles. The van der Waals surface area contributed by atoms with Gasteiger partial charge in [-0.05, 0) is 48.2 Å². The van der Waals surface area contributed by atoms with E-state index in [1.165, 1.54) is 4.88 Å². The van der Waals surface area contributed by atoms with E-state index >= 15 is 0 Å². The largest absolute Gasteiger partial charge is 0.481 e. The van der Waals surface area contributed by atoms with Crippen LogP contribution in [0.15, 0.2) is 15.9 Å². The van der Waals surface area contributed by atoms with Crippen molar-refractivity contribution in [3.05, 3.63) is 20.8 Å². The van der Waals surface area contributed by atoms with Crippen LogP contribution >= 0.6 is 27.3 Å². The van der Waals surface area contributed by atoms with E-state index in [0.717, 1.165) is 30.2 Å². The van der Waals surface area contributed by atoms with Crippen LogP contribution in [0.1, 0.15) is 43.5 Å². The lowest BCUT2D eigenvalue weighted by molar-refractivity contribution is -0.143. The number of thiophene rings is 1. The molecule has 18 heavy (non-hydrogen) atoms. The van der Waals surface area contributed by atoms with Gasteiger partial charge in [0.05, 0.1) is 5.92 Å². The van der Waals surface area contributed by atoms with Crippen LogP contribution in [0.4, 0.5) is 0 Å². The van der Waals surface area contributed by atoms with Gasteiger partial charge in [0.15, 0.2) is 0 Å². The molecule has 1 fully saturated rings. The van der Waals surface area contributed by atoms with Crippen molar-refractivity contribution in [1.82, 2.24) is 5.32 Å². The maximum absolute atomic E-state index is 11.0. The number of carboxylic acids is 1. The first-order valence-corrected chi connectivity index (χ1v) is 7.96. The smallest absolute Gasteiger partial charge is 0.306 e. The average molecular weight is 332 g/mol. The first-order chi connectivity index (χ1) is 8.56. The van der Waals surface area contributed by atoms with Crippen molar-refractivity contribution >= 4 is 33.2 Å². The standard InChI is InChI=1S/C13H18BrNO2S/c1-8(12-6-10(14)7-18-12)15-11-4-2-3-9(5-11)13(16)17/h6-9,11,15H,2-5H2,1H3,(H,16,17). The molecule has 0 bridgehead atoms. The van der Waals surface area contributed by atoms with Gasteiger partial charge < -0.3 is 10.4 Å². The molecule has 2 N–H and O–H groups in total. The number of halogens is 1. The SMILES string of the molecule is CC(NC1CCCC(C(=O)O)C1)c1cc(Br)cs1. The summed E-state index contributed by atoms with van der Waals surface area (Å²) >= 11 is 5.19. The molecule has 3 atom stereocenters. The molecular formula is C13H18BrNO2S. The Morgan fingerprint density at radius 3 is 3.00 bits per heavy atom. The Morgan fingerprint density at radius 1 is 1.61 bits per heavy atom. The fraction of sp³-hybridized carbons (Fsp3) is 0.615. The van der Waals surface area contributed by atoms with Crippen molar-refractivity contribution in [1.29, 1.82) is 0 Å². The average Bonchev–Trinajstić information content (AvgIpc) is 2.76. The third-order valence-electron chi connectivity index (χ3n) is 3.52. The maximum atomic E-state index is 11.0. The van der Waals surface area contributed by atoms with Gasteiger partial charge >= 0.3 is 5.97 Å². The van der Waals surface area contributed by atoms with Crippen LogP contribution in [-0.2, 0) is 4.79 Å². The van der Waals surface area contributed by atoms with Gasteiger partial charge in [0, 0.05) is 26.8 Å². The van der Waals surface area contributed by atoms with Crippen LogP contribution in [0.3, 0.4) is 0 Å². The Kier molecular flexibility index (Phi) is 4.81. The highest BCUT2D eigenvalue weighted by Gasteiger charge is 2.27. The van der Waals surface area contributed by atoms with Crippen molar-refractivity contribution in [3.8, 4) is 0 Å². The Labute approximate surface area is 120 Å². The van der Waals surface area contributed by atoms with Crippen LogP contribution in [-0.4, -0.2) is 17.1 Å². The summed E-state index contributed by atoms with van der Waals surface area (Å²) in [6.45, 7) is 2.14. The molecule has 0 aliphatic heterocycles. The van der Waals surface area contributed by atoms with E-state index in [2.05, 4.69) is 39.6 Å². The summed E-state index contributed by atoms with van der Waals surface area (Å²) in [7, 11) is 0. The summed E-state index contributed by atoms with van der Waals surface area (Å²) in [5.41, 5.74) is 0. The fourth-order valence-electron chi connectivity index (χ4n) is 2.56. The molecule has 5 heteroatoms. The van der Waals surface area contributed by atoms with E-state index in [0.29, 0.717) is 12.1 Å². The first-order valence-electron chi connectivity index (χ1n) is 6.29. The van der Waals surface area contributed by atoms with Gasteiger partial charge in [-0.3, -0.25) is 4.79 Å². The molecule has 0 spiro atoms. The highest BCUT2D eigenvalue weighted by Crippen LogP contribution is 2.29. The molecule has 3 unspecified atom stereocenters. The molecule has 0 radical (unpaired) electrons. The Hall–Kier alpha value is -0.390. The fourth-order valence-corrected chi connectivity index (χ4v) is 4.02. The van der Waals surface area contributed by atoms with Crippen molar-refractivity contribution < 1.29 is 9.90 Å². The molecular weight excluding hydrogens is 314 g/mol. The summed E-state index contributed by atoms with van der Waals surface area (Å²) in [6, 6.07) is 2.74. The topological polar surface area (TPSA) is 49.3 Å². The summed E-state index contributed by atoms with van der Waals surface area (Å²) in [5, 5.41) is 14.7. The summed E-state index contributed by atoms with van der Waals surface area (Å²) in [5.74, 6) is -0.813. The molecule has 1 aromatic heterocycles. The zero-order valence-electron chi connectivity index (χ0n) is 10.4. The first kappa shape index (κ1) is 14.0. The number of hydrogen-bond acceptors (Lipinski definition) is 3. The number of carbonyl (C=O) groups is 1. The Balaban J connectivity index is 1.91. The van der Waals surface area contributed by atoms with Crippen LogP contribution in [0.5, 0.6) is 0 Å². The lowest BCUT2D eigenvalue weighted by Crippen LogP contribution is -2.37. The van der Waals surface area contributed by atoms with E-state index < -0.39 is 5.97 Å². The molecule has 1 aromatic rings. The predicted molar refractivity (Wildman–Crippen MR) is 77.0 cm³/mol. The number of aliphatic carboxylic acids is 1. The van der Waals surface area contributed by atoms with Gasteiger partial charge in [0.1, 0.15) is 0 Å².